The molecule has 0 radical (unpaired) electrons. The first-order chi connectivity index (χ1) is 6.86. The molecule has 4 heteroatoms. The number of phenols is 1. The Kier molecular flexibility index (Phi) is 5.10. The van der Waals surface area contributed by atoms with Crippen LogP contribution in [-0.4, -0.2) is 12.2 Å². The van der Waals surface area contributed by atoms with Crippen LogP contribution in [0.2, 0.25) is 0 Å². The predicted molar refractivity (Wildman–Crippen MR) is 68.3 cm³/mol. The average Bonchev–Trinajstić information content (AvgIpc) is 2.16. The summed E-state index contributed by atoms with van der Waals surface area (Å²) >= 11 is 0. The van der Waals surface area contributed by atoms with Gasteiger partial charge in [0.25, 0.3) is 0 Å². The molecule has 92 valence electrons. The Labute approximate surface area is 103 Å². The topological polar surface area (TPSA) is 55.5 Å². The number of benzene rings is 1. The highest BCUT2D eigenvalue weighted by Crippen LogP contribution is 2.34. The molecular formula is C12H20ClNO2. The van der Waals surface area contributed by atoms with Crippen molar-refractivity contribution in [3.63, 3.8) is 0 Å². The van der Waals surface area contributed by atoms with E-state index in [0.29, 0.717) is 5.75 Å². The van der Waals surface area contributed by atoms with Gasteiger partial charge in [0.15, 0.2) is 11.5 Å². The van der Waals surface area contributed by atoms with Crippen LogP contribution in [0.3, 0.4) is 0 Å². The molecule has 1 rings (SSSR count). The zero-order valence-electron chi connectivity index (χ0n) is 10.2. The van der Waals surface area contributed by atoms with Gasteiger partial charge in [-0.25, -0.2) is 0 Å². The lowest BCUT2D eigenvalue weighted by atomic mass is 9.83. The van der Waals surface area contributed by atoms with E-state index in [2.05, 4.69) is 20.8 Å². The quantitative estimate of drug-likeness (QED) is 0.843. The minimum absolute atomic E-state index is 0. The predicted octanol–water partition coefficient (Wildman–Crippen LogP) is 2.87. The SMILES string of the molecule is COc1cc([C@H](N)C(C)(C)C)ccc1O.Cl. The molecule has 0 saturated heterocycles. The molecule has 0 fully saturated rings. The average molecular weight is 246 g/mol. The molecule has 0 aliphatic carbocycles. The highest BCUT2D eigenvalue weighted by Gasteiger charge is 2.22. The van der Waals surface area contributed by atoms with Gasteiger partial charge in [-0.1, -0.05) is 26.8 Å². The summed E-state index contributed by atoms with van der Waals surface area (Å²) in [6.45, 7) is 6.24. The van der Waals surface area contributed by atoms with Crippen LogP contribution in [0.25, 0.3) is 0 Å². The zero-order chi connectivity index (χ0) is 11.6. The Morgan fingerprint density at radius 2 is 1.88 bits per heavy atom. The summed E-state index contributed by atoms with van der Waals surface area (Å²) in [4.78, 5) is 0. The van der Waals surface area contributed by atoms with E-state index in [1.807, 2.05) is 6.07 Å². The monoisotopic (exact) mass is 245 g/mol. The summed E-state index contributed by atoms with van der Waals surface area (Å²) in [5.74, 6) is 0.606. The first-order valence-electron chi connectivity index (χ1n) is 4.98. The molecule has 0 bridgehead atoms. The molecule has 3 N–H and O–H groups in total. The van der Waals surface area contributed by atoms with Crippen LogP contribution >= 0.6 is 12.4 Å². The Balaban J connectivity index is 0.00000225. The first-order valence-corrected chi connectivity index (χ1v) is 4.98. The molecule has 0 aliphatic rings. The van der Waals surface area contributed by atoms with Crippen molar-refractivity contribution in [2.24, 2.45) is 11.1 Å². The first kappa shape index (κ1) is 15.1. The highest BCUT2D eigenvalue weighted by molar-refractivity contribution is 5.85. The third-order valence-electron chi connectivity index (χ3n) is 2.50. The number of ether oxygens (including phenoxy) is 1. The van der Waals surface area contributed by atoms with Crippen molar-refractivity contribution in [1.29, 1.82) is 0 Å². The van der Waals surface area contributed by atoms with Crippen LogP contribution in [0.1, 0.15) is 32.4 Å². The number of rotatable bonds is 2. The number of halogens is 1. The molecule has 3 nitrogen and oxygen atoms in total. The van der Waals surface area contributed by atoms with Crippen LogP contribution in [-0.2, 0) is 0 Å². The number of hydrogen-bond donors (Lipinski definition) is 2. The van der Waals surface area contributed by atoms with Gasteiger partial charge in [0, 0.05) is 6.04 Å². The lowest BCUT2D eigenvalue weighted by molar-refractivity contribution is 0.324. The molecule has 0 saturated carbocycles. The van der Waals surface area contributed by atoms with E-state index in [9.17, 15) is 5.11 Å². The number of methoxy groups -OCH3 is 1. The van der Waals surface area contributed by atoms with E-state index < -0.39 is 0 Å². The molecular weight excluding hydrogens is 226 g/mol. The summed E-state index contributed by atoms with van der Waals surface area (Å²) in [5, 5.41) is 9.45. The molecule has 0 aliphatic heterocycles. The number of nitrogens with two attached hydrogens (primary N) is 1. The second kappa shape index (κ2) is 5.41. The van der Waals surface area contributed by atoms with Crippen molar-refractivity contribution in [2.45, 2.75) is 26.8 Å². The summed E-state index contributed by atoms with van der Waals surface area (Å²) in [5.41, 5.74) is 7.07. The van der Waals surface area contributed by atoms with E-state index in [-0.39, 0.29) is 29.6 Å². The Hall–Kier alpha value is -0.930. The minimum Gasteiger partial charge on any atom is -0.504 e. The van der Waals surface area contributed by atoms with Crippen molar-refractivity contribution in [1.82, 2.24) is 0 Å². The normalized spacial score (nSPS) is 12.8. The van der Waals surface area contributed by atoms with Gasteiger partial charge < -0.3 is 15.6 Å². The fourth-order valence-corrected chi connectivity index (χ4v) is 1.39. The third-order valence-corrected chi connectivity index (χ3v) is 2.50. The highest BCUT2D eigenvalue weighted by atomic mass is 35.5. The molecule has 16 heavy (non-hydrogen) atoms. The molecule has 1 atom stereocenters. The lowest BCUT2D eigenvalue weighted by Gasteiger charge is -2.27. The van der Waals surface area contributed by atoms with Crippen LogP contribution in [0.15, 0.2) is 18.2 Å². The number of aromatic hydroxyl groups is 1. The fourth-order valence-electron chi connectivity index (χ4n) is 1.39. The van der Waals surface area contributed by atoms with Crippen LogP contribution in [0.4, 0.5) is 0 Å². The zero-order valence-corrected chi connectivity index (χ0v) is 11.0. The second-order valence-corrected chi connectivity index (χ2v) is 4.77. The van der Waals surface area contributed by atoms with Crippen LogP contribution < -0.4 is 10.5 Å². The van der Waals surface area contributed by atoms with Gasteiger partial charge >= 0.3 is 0 Å². The van der Waals surface area contributed by atoms with E-state index in [1.54, 1.807) is 12.1 Å². The van der Waals surface area contributed by atoms with Gasteiger partial charge in [0.1, 0.15) is 0 Å². The summed E-state index contributed by atoms with van der Waals surface area (Å²) in [6, 6.07) is 5.14. The maximum Gasteiger partial charge on any atom is 0.160 e. The smallest absolute Gasteiger partial charge is 0.160 e. The molecule has 0 unspecified atom stereocenters. The molecule has 0 heterocycles. The maximum absolute atomic E-state index is 9.45. The van der Waals surface area contributed by atoms with Crippen molar-refractivity contribution < 1.29 is 9.84 Å². The van der Waals surface area contributed by atoms with E-state index in [1.165, 1.54) is 7.11 Å². The Morgan fingerprint density at radius 3 is 2.31 bits per heavy atom. The van der Waals surface area contributed by atoms with Crippen molar-refractivity contribution in [3.8, 4) is 11.5 Å². The molecule has 1 aromatic rings. The summed E-state index contributed by atoms with van der Waals surface area (Å²) in [7, 11) is 1.53. The standard InChI is InChI=1S/C12H19NO2.ClH/c1-12(2,3)11(13)8-5-6-9(14)10(7-8)15-4;/h5-7,11,14H,13H2,1-4H3;1H/t11-;/m0./s1. The molecule has 0 spiro atoms. The second-order valence-electron chi connectivity index (χ2n) is 4.77. The third kappa shape index (κ3) is 3.29. The van der Waals surface area contributed by atoms with Crippen molar-refractivity contribution in [3.05, 3.63) is 23.8 Å². The number of phenolic OH excluding ortho intramolecular Hbond substituents is 1. The van der Waals surface area contributed by atoms with Crippen LogP contribution in [0, 0.1) is 5.41 Å². The number of hydrogen-bond acceptors (Lipinski definition) is 3. The summed E-state index contributed by atoms with van der Waals surface area (Å²) in [6.07, 6.45) is 0. The molecule has 0 aromatic heterocycles. The van der Waals surface area contributed by atoms with Gasteiger partial charge in [0.05, 0.1) is 7.11 Å². The van der Waals surface area contributed by atoms with Gasteiger partial charge in [0.2, 0.25) is 0 Å². The van der Waals surface area contributed by atoms with Crippen molar-refractivity contribution in [2.75, 3.05) is 7.11 Å². The summed E-state index contributed by atoms with van der Waals surface area (Å²) < 4.78 is 5.04. The van der Waals surface area contributed by atoms with Gasteiger partial charge in [-0.3, -0.25) is 0 Å². The minimum atomic E-state index is -0.0769. The molecule has 1 aromatic carbocycles. The van der Waals surface area contributed by atoms with Gasteiger partial charge in [-0.05, 0) is 23.1 Å². The fraction of sp³-hybridized carbons (Fsp3) is 0.500. The largest absolute Gasteiger partial charge is 0.504 e. The van der Waals surface area contributed by atoms with Crippen molar-refractivity contribution >= 4 is 12.4 Å². The Bertz CT molecular complexity index is 347. The van der Waals surface area contributed by atoms with E-state index in [4.69, 9.17) is 10.5 Å². The van der Waals surface area contributed by atoms with Gasteiger partial charge in [-0.2, -0.15) is 0 Å². The molecule has 0 amide bonds. The van der Waals surface area contributed by atoms with Gasteiger partial charge in [-0.15, -0.1) is 12.4 Å². The van der Waals surface area contributed by atoms with E-state index in [0.717, 1.165) is 5.56 Å². The van der Waals surface area contributed by atoms with Crippen LogP contribution in [0.5, 0.6) is 11.5 Å². The van der Waals surface area contributed by atoms with E-state index >= 15 is 0 Å². The maximum atomic E-state index is 9.45. The Morgan fingerprint density at radius 1 is 1.31 bits per heavy atom. The lowest BCUT2D eigenvalue weighted by Crippen LogP contribution is -2.26.